The zero-order valence-electron chi connectivity index (χ0n) is 11.6. The summed E-state index contributed by atoms with van der Waals surface area (Å²) >= 11 is 0. The standard InChI is InChI=1S/C14H25N3O/c1-10-5-7-12(8-6-10)13-16-14(18-17-13)11(2)4-3-9-15/h10-12H,3-9,15H2,1-2H3. The van der Waals surface area contributed by atoms with E-state index in [2.05, 4.69) is 24.0 Å². The molecule has 2 N–H and O–H groups in total. The molecule has 1 atom stereocenters. The zero-order valence-corrected chi connectivity index (χ0v) is 11.6. The molecule has 1 unspecified atom stereocenters. The van der Waals surface area contributed by atoms with Crippen LogP contribution in [0.25, 0.3) is 0 Å². The summed E-state index contributed by atoms with van der Waals surface area (Å²) in [7, 11) is 0. The highest BCUT2D eigenvalue weighted by Crippen LogP contribution is 2.34. The third-order valence-electron chi connectivity index (χ3n) is 4.10. The molecule has 0 amide bonds. The summed E-state index contributed by atoms with van der Waals surface area (Å²) in [6, 6.07) is 0. The van der Waals surface area contributed by atoms with Gasteiger partial charge in [0.25, 0.3) is 0 Å². The lowest BCUT2D eigenvalue weighted by molar-refractivity contribution is 0.318. The van der Waals surface area contributed by atoms with Crippen molar-refractivity contribution in [2.45, 2.75) is 64.2 Å². The van der Waals surface area contributed by atoms with Gasteiger partial charge >= 0.3 is 0 Å². The van der Waals surface area contributed by atoms with Crippen LogP contribution in [-0.2, 0) is 0 Å². The van der Waals surface area contributed by atoms with E-state index < -0.39 is 0 Å². The minimum atomic E-state index is 0.331. The Bertz CT molecular complexity index is 356. The van der Waals surface area contributed by atoms with E-state index in [1.165, 1.54) is 25.7 Å². The van der Waals surface area contributed by atoms with Gasteiger partial charge in [-0.2, -0.15) is 4.98 Å². The summed E-state index contributed by atoms with van der Waals surface area (Å²) < 4.78 is 5.40. The molecular weight excluding hydrogens is 226 g/mol. The maximum Gasteiger partial charge on any atom is 0.229 e. The van der Waals surface area contributed by atoms with E-state index in [-0.39, 0.29) is 0 Å². The number of hydrogen-bond acceptors (Lipinski definition) is 4. The molecule has 4 nitrogen and oxygen atoms in total. The van der Waals surface area contributed by atoms with E-state index in [9.17, 15) is 0 Å². The SMILES string of the molecule is CC1CCC(c2noc(C(C)CCCN)n2)CC1. The van der Waals surface area contributed by atoms with Crippen LogP contribution in [-0.4, -0.2) is 16.7 Å². The Labute approximate surface area is 109 Å². The molecule has 1 aromatic heterocycles. The molecule has 18 heavy (non-hydrogen) atoms. The molecule has 0 saturated heterocycles. The first kappa shape index (κ1) is 13.5. The van der Waals surface area contributed by atoms with Crippen molar-refractivity contribution in [3.8, 4) is 0 Å². The third-order valence-corrected chi connectivity index (χ3v) is 4.10. The van der Waals surface area contributed by atoms with Crippen LogP contribution in [0.15, 0.2) is 4.52 Å². The van der Waals surface area contributed by atoms with Crippen LogP contribution in [0.5, 0.6) is 0 Å². The highest BCUT2D eigenvalue weighted by molar-refractivity contribution is 4.99. The van der Waals surface area contributed by atoms with Crippen LogP contribution in [0.1, 0.15) is 75.9 Å². The molecule has 0 radical (unpaired) electrons. The van der Waals surface area contributed by atoms with E-state index in [0.29, 0.717) is 11.8 Å². The first-order valence-electron chi connectivity index (χ1n) is 7.24. The molecule has 1 aliphatic rings. The second-order valence-electron chi connectivity index (χ2n) is 5.78. The fourth-order valence-corrected chi connectivity index (χ4v) is 2.68. The van der Waals surface area contributed by atoms with Gasteiger partial charge in [-0.3, -0.25) is 0 Å². The fourth-order valence-electron chi connectivity index (χ4n) is 2.68. The monoisotopic (exact) mass is 251 g/mol. The van der Waals surface area contributed by atoms with Crippen molar-refractivity contribution < 1.29 is 4.52 Å². The van der Waals surface area contributed by atoms with Crippen molar-refractivity contribution in [2.75, 3.05) is 6.54 Å². The van der Waals surface area contributed by atoms with Crippen molar-refractivity contribution in [1.29, 1.82) is 0 Å². The summed E-state index contributed by atoms with van der Waals surface area (Å²) in [4.78, 5) is 4.59. The van der Waals surface area contributed by atoms with Crippen molar-refractivity contribution in [3.05, 3.63) is 11.7 Å². The number of aromatic nitrogens is 2. The molecule has 4 heteroatoms. The molecule has 0 aliphatic heterocycles. The summed E-state index contributed by atoms with van der Waals surface area (Å²) in [6.45, 7) is 5.19. The molecule has 1 heterocycles. The van der Waals surface area contributed by atoms with Gasteiger partial charge < -0.3 is 10.3 Å². The summed E-state index contributed by atoms with van der Waals surface area (Å²) in [5.41, 5.74) is 5.52. The molecular formula is C14H25N3O. The highest BCUT2D eigenvalue weighted by Gasteiger charge is 2.24. The quantitative estimate of drug-likeness (QED) is 0.872. The Hall–Kier alpha value is -0.900. The summed E-state index contributed by atoms with van der Waals surface area (Å²) in [6.07, 6.45) is 7.03. The zero-order chi connectivity index (χ0) is 13.0. The lowest BCUT2D eigenvalue weighted by Gasteiger charge is -2.23. The van der Waals surface area contributed by atoms with E-state index in [4.69, 9.17) is 10.3 Å². The smallest absolute Gasteiger partial charge is 0.229 e. The number of nitrogens with zero attached hydrogens (tertiary/aromatic N) is 2. The molecule has 1 saturated carbocycles. The van der Waals surface area contributed by atoms with Crippen LogP contribution >= 0.6 is 0 Å². The van der Waals surface area contributed by atoms with E-state index >= 15 is 0 Å². The first-order chi connectivity index (χ1) is 8.70. The average Bonchev–Trinajstić information content (AvgIpc) is 2.86. The van der Waals surface area contributed by atoms with E-state index in [0.717, 1.165) is 37.0 Å². The van der Waals surface area contributed by atoms with Crippen LogP contribution < -0.4 is 5.73 Å². The lowest BCUT2D eigenvalue weighted by atomic mass is 9.83. The van der Waals surface area contributed by atoms with E-state index in [1.54, 1.807) is 0 Å². The lowest BCUT2D eigenvalue weighted by Crippen LogP contribution is -2.12. The van der Waals surface area contributed by atoms with Gasteiger partial charge in [-0.05, 0) is 38.1 Å². The highest BCUT2D eigenvalue weighted by atomic mass is 16.5. The predicted molar refractivity (Wildman–Crippen MR) is 71.4 cm³/mol. The van der Waals surface area contributed by atoms with Crippen LogP contribution in [0.3, 0.4) is 0 Å². The van der Waals surface area contributed by atoms with Gasteiger partial charge in [-0.25, -0.2) is 0 Å². The molecule has 1 aromatic rings. The third kappa shape index (κ3) is 3.31. The van der Waals surface area contributed by atoms with Crippen LogP contribution in [0.4, 0.5) is 0 Å². The van der Waals surface area contributed by atoms with Crippen molar-refractivity contribution in [2.24, 2.45) is 11.7 Å². The van der Waals surface area contributed by atoms with Crippen molar-refractivity contribution >= 4 is 0 Å². The molecule has 1 aliphatic carbocycles. The normalized spacial score (nSPS) is 26.2. The fraction of sp³-hybridized carbons (Fsp3) is 0.857. The summed E-state index contributed by atoms with van der Waals surface area (Å²) in [5.74, 6) is 3.42. The molecule has 0 bridgehead atoms. The Kier molecular flexibility index (Phi) is 4.75. The van der Waals surface area contributed by atoms with Gasteiger partial charge in [0.2, 0.25) is 5.89 Å². The molecule has 2 rings (SSSR count). The molecule has 102 valence electrons. The van der Waals surface area contributed by atoms with Gasteiger partial charge in [0, 0.05) is 11.8 Å². The molecule has 1 fully saturated rings. The number of hydrogen-bond donors (Lipinski definition) is 1. The average molecular weight is 251 g/mol. The second-order valence-corrected chi connectivity index (χ2v) is 5.78. The maximum atomic E-state index is 5.52. The van der Waals surface area contributed by atoms with Crippen molar-refractivity contribution in [3.63, 3.8) is 0 Å². The second kappa shape index (κ2) is 6.32. The predicted octanol–water partition coefficient (Wildman–Crippen LogP) is 3.21. The van der Waals surface area contributed by atoms with Gasteiger partial charge in [-0.15, -0.1) is 0 Å². The number of nitrogens with two attached hydrogens (primary N) is 1. The minimum absolute atomic E-state index is 0.331. The Morgan fingerprint density at radius 1 is 1.33 bits per heavy atom. The molecule has 0 spiro atoms. The Balaban J connectivity index is 1.93. The minimum Gasteiger partial charge on any atom is -0.339 e. The first-order valence-corrected chi connectivity index (χ1v) is 7.24. The topological polar surface area (TPSA) is 64.9 Å². The largest absolute Gasteiger partial charge is 0.339 e. The van der Waals surface area contributed by atoms with E-state index in [1.807, 2.05) is 0 Å². The Morgan fingerprint density at radius 3 is 2.72 bits per heavy atom. The van der Waals surface area contributed by atoms with Crippen LogP contribution in [0, 0.1) is 5.92 Å². The molecule has 0 aromatic carbocycles. The van der Waals surface area contributed by atoms with Gasteiger partial charge in [0.05, 0.1) is 0 Å². The van der Waals surface area contributed by atoms with Gasteiger partial charge in [-0.1, -0.05) is 31.8 Å². The number of rotatable bonds is 5. The van der Waals surface area contributed by atoms with Crippen molar-refractivity contribution in [1.82, 2.24) is 10.1 Å². The van der Waals surface area contributed by atoms with Gasteiger partial charge in [0.1, 0.15) is 0 Å². The summed E-state index contributed by atoms with van der Waals surface area (Å²) in [5, 5.41) is 4.18. The van der Waals surface area contributed by atoms with Crippen LogP contribution in [0.2, 0.25) is 0 Å². The van der Waals surface area contributed by atoms with Gasteiger partial charge in [0.15, 0.2) is 5.82 Å². The Morgan fingerprint density at radius 2 is 2.06 bits per heavy atom. The maximum absolute atomic E-state index is 5.52.